The van der Waals surface area contributed by atoms with Crippen LogP contribution in [0.4, 0.5) is 8.78 Å². The minimum atomic E-state index is -2.81. The van der Waals surface area contributed by atoms with Crippen LogP contribution in [-0.2, 0) is 11.3 Å². The molecular formula is C15H19F2NO3. The van der Waals surface area contributed by atoms with E-state index in [1.165, 1.54) is 12.1 Å². The highest BCUT2D eigenvalue weighted by molar-refractivity contribution is 5.74. The highest BCUT2D eigenvalue weighted by Crippen LogP contribution is 2.31. The summed E-state index contributed by atoms with van der Waals surface area (Å²) in [6.07, 6.45) is 1.24. The van der Waals surface area contributed by atoms with Crippen molar-refractivity contribution in [3.8, 4) is 5.75 Å². The number of likely N-dealkylation sites (tertiary alicyclic amines) is 1. The van der Waals surface area contributed by atoms with Crippen LogP contribution in [0.3, 0.4) is 0 Å². The number of rotatable bonds is 5. The van der Waals surface area contributed by atoms with E-state index in [2.05, 4.69) is 9.64 Å². The van der Waals surface area contributed by atoms with E-state index < -0.39 is 18.0 Å². The number of benzene rings is 1. The van der Waals surface area contributed by atoms with E-state index >= 15 is 0 Å². The van der Waals surface area contributed by atoms with Crippen LogP contribution in [0.5, 0.6) is 5.75 Å². The number of carboxylic acid groups (broad SMARTS) is 1. The van der Waals surface area contributed by atoms with E-state index in [0.29, 0.717) is 19.4 Å². The van der Waals surface area contributed by atoms with Crippen LogP contribution in [0.15, 0.2) is 24.3 Å². The molecule has 0 saturated carbocycles. The molecule has 1 aromatic carbocycles. The van der Waals surface area contributed by atoms with Crippen molar-refractivity contribution in [1.82, 2.24) is 4.90 Å². The van der Waals surface area contributed by atoms with Gasteiger partial charge in [0.05, 0.1) is 5.41 Å². The normalized spacial score (nSPS) is 18.7. The van der Waals surface area contributed by atoms with Gasteiger partial charge in [-0.3, -0.25) is 9.69 Å². The lowest BCUT2D eigenvalue weighted by Gasteiger charge is -2.36. The number of halogens is 2. The summed E-state index contributed by atoms with van der Waals surface area (Å²) in [5, 5.41) is 9.18. The summed E-state index contributed by atoms with van der Waals surface area (Å²) >= 11 is 0. The fourth-order valence-corrected chi connectivity index (χ4v) is 2.45. The van der Waals surface area contributed by atoms with Crippen LogP contribution in [-0.4, -0.2) is 35.7 Å². The Bertz CT molecular complexity index is 482. The summed E-state index contributed by atoms with van der Waals surface area (Å²) in [6, 6.07) is 6.55. The van der Waals surface area contributed by atoms with Crippen molar-refractivity contribution in [3.05, 3.63) is 29.8 Å². The van der Waals surface area contributed by atoms with E-state index in [0.717, 1.165) is 18.7 Å². The van der Waals surface area contributed by atoms with E-state index in [1.807, 2.05) is 0 Å². The largest absolute Gasteiger partial charge is 0.481 e. The Labute approximate surface area is 122 Å². The van der Waals surface area contributed by atoms with Crippen LogP contribution in [0.2, 0.25) is 0 Å². The summed E-state index contributed by atoms with van der Waals surface area (Å²) < 4.78 is 28.4. The highest BCUT2D eigenvalue weighted by atomic mass is 19.3. The van der Waals surface area contributed by atoms with E-state index in [9.17, 15) is 18.7 Å². The number of hydrogen-bond acceptors (Lipinski definition) is 3. The molecule has 0 spiro atoms. The summed E-state index contributed by atoms with van der Waals surface area (Å²) in [6.45, 7) is 1.09. The number of piperidine rings is 1. The number of aliphatic carboxylic acids is 1. The van der Waals surface area contributed by atoms with Crippen molar-refractivity contribution in [3.63, 3.8) is 0 Å². The first-order chi connectivity index (χ1) is 9.89. The van der Waals surface area contributed by atoms with E-state index in [4.69, 9.17) is 0 Å². The molecule has 0 unspecified atom stereocenters. The molecule has 21 heavy (non-hydrogen) atoms. The molecule has 0 radical (unpaired) electrons. The van der Waals surface area contributed by atoms with Gasteiger partial charge >= 0.3 is 12.6 Å². The third-order valence-electron chi connectivity index (χ3n) is 4.03. The maximum Gasteiger partial charge on any atom is 0.387 e. The Morgan fingerprint density at radius 1 is 1.33 bits per heavy atom. The van der Waals surface area contributed by atoms with Crippen molar-refractivity contribution in [2.45, 2.75) is 32.9 Å². The van der Waals surface area contributed by atoms with E-state index in [1.54, 1.807) is 19.1 Å². The first-order valence-electron chi connectivity index (χ1n) is 6.88. The summed E-state index contributed by atoms with van der Waals surface area (Å²) in [5.74, 6) is -0.596. The molecule has 4 nitrogen and oxygen atoms in total. The predicted molar refractivity (Wildman–Crippen MR) is 73.3 cm³/mol. The maximum absolute atomic E-state index is 12.1. The zero-order valence-corrected chi connectivity index (χ0v) is 11.9. The number of nitrogens with zero attached hydrogens (tertiary/aromatic N) is 1. The zero-order valence-electron chi connectivity index (χ0n) is 11.9. The quantitative estimate of drug-likeness (QED) is 0.908. The van der Waals surface area contributed by atoms with Crippen molar-refractivity contribution in [2.24, 2.45) is 5.41 Å². The topological polar surface area (TPSA) is 49.8 Å². The van der Waals surface area contributed by atoms with Crippen molar-refractivity contribution in [1.29, 1.82) is 0 Å². The van der Waals surface area contributed by atoms with E-state index in [-0.39, 0.29) is 5.75 Å². The van der Waals surface area contributed by atoms with Gasteiger partial charge in [0, 0.05) is 6.54 Å². The molecule has 1 aliphatic heterocycles. The van der Waals surface area contributed by atoms with Gasteiger partial charge in [-0.15, -0.1) is 0 Å². The van der Waals surface area contributed by atoms with Gasteiger partial charge in [-0.1, -0.05) is 12.1 Å². The molecule has 2 rings (SSSR count). The van der Waals surface area contributed by atoms with Crippen molar-refractivity contribution < 1.29 is 23.4 Å². The van der Waals surface area contributed by atoms with Gasteiger partial charge in [0.25, 0.3) is 0 Å². The molecule has 6 heteroatoms. The molecule has 1 heterocycles. The van der Waals surface area contributed by atoms with Gasteiger partial charge in [-0.25, -0.2) is 0 Å². The summed E-state index contributed by atoms with van der Waals surface area (Å²) in [7, 11) is 0. The Hall–Kier alpha value is -1.69. The molecule has 0 aromatic heterocycles. The minimum absolute atomic E-state index is 0.144. The minimum Gasteiger partial charge on any atom is -0.481 e. The first kappa shape index (κ1) is 15.7. The lowest BCUT2D eigenvalue weighted by atomic mass is 9.80. The lowest BCUT2D eigenvalue weighted by molar-refractivity contribution is -0.150. The Morgan fingerprint density at radius 3 is 2.38 bits per heavy atom. The zero-order chi connectivity index (χ0) is 15.5. The predicted octanol–water partition coefficient (Wildman–Crippen LogP) is 2.97. The van der Waals surface area contributed by atoms with Gasteiger partial charge in [0.2, 0.25) is 0 Å². The first-order valence-corrected chi connectivity index (χ1v) is 6.88. The van der Waals surface area contributed by atoms with Gasteiger partial charge in [0.15, 0.2) is 0 Å². The second-order valence-electron chi connectivity index (χ2n) is 5.66. The second-order valence-corrected chi connectivity index (χ2v) is 5.66. The smallest absolute Gasteiger partial charge is 0.387 e. The van der Waals surface area contributed by atoms with Gasteiger partial charge < -0.3 is 9.84 Å². The number of hydrogen-bond donors (Lipinski definition) is 1. The Balaban J connectivity index is 1.87. The number of carboxylic acids is 1. The fourth-order valence-electron chi connectivity index (χ4n) is 2.45. The fraction of sp³-hybridized carbons (Fsp3) is 0.533. The van der Waals surface area contributed by atoms with Crippen LogP contribution >= 0.6 is 0 Å². The lowest BCUT2D eigenvalue weighted by Crippen LogP contribution is -2.42. The van der Waals surface area contributed by atoms with Crippen LogP contribution in [0.1, 0.15) is 25.3 Å². The number of carbonyl (C=O) groups is 1. The Kier molecular flexibility index (Phi) is 4.77. The average molecular weight is 299 g/mol. The molecule has 1 aromatic rings. The standard InChI is InChI=1S/C15H19F2NO3/c1-15(13(19)20)6-8-18(9-7-15)10-11-2-4-12(5-3-11)21-14(16)17/h2-5,14H,6-10H2,1H3,(H,19,20). The summed E-state index contributed by atoms with van der Waals surface area (Å²) in [5.41, 5.74) is 0.362. The number of ether oxygens (including phenoxy) is 1. The molecular weight excluding hydrogens is 280 g/mol. The molecule has 1 fully saturated rings. The number of alkyl halides is 2. The van der Waals surface area contributed by atoms with Crippen LogP contribution in [0.25, 0.3) is 0 Å². The third-order valence-corrected chi connectivity index (χ3v) is 4.03. The van der Waals surface area contributed by atoms with Crippen LogP contribution < -0.4 is 4.74 Å². The van der Waals surface area contributed by atoms with Crippen LogP contribution in [0, 0.1) is 5.41 Å². The molecule has 0 amide bonds. The monoisotopic (exact) mass is 299 g/mol. The third kappa shape index (κ3) is 4.14. The summed E-state index contributed by atoms with van der Waals surface area (Å²) in [4.78, 5) is 13.3. The second kappa shape index (κ2) is 6.39. The molecule has 116 valence electrons. The molecule has 0 aliphatic carbocycles. The van der Waals surface area contributed by atoms with Crippen molar-refractivity contribution in [2.75, 3.05) is 13.1 Å². The van der Waals surface area contributed by atoms with Gasteiger partial charge in [0.1, 0.15) is 5.75 Å². The maximum atomic E-state index is 12.1. The Morgan fingerprint density at radius 2 is 1.90 bits per heavy atom. The SMILES string of the molecule is CC1(C(=O)O)CCN(Cc2ccc(OC(F)F)cc2)CC1. The molecule has 1 N–H and O–H groups in total. The molecule has 0 bridgehead atoms. The van der Waals surface area contributed by atoms with Crippen molar-refractivity contribution >= 4 is 5.97 Å². The molecule has 0 atom stereocenters. The molecule has 1 saturated heterocycles. The molecule has 1 aliphatic rings. The average Bonchev–Trinajstić information content (AvgIpc) is 2.43. The highest BCUT2D eigenvalue weighted by Gasteiger charge is 2.36. The van der Waals surface area contributed by atoms with Gasteiger partial charge in [-0.2, -0.15) is 8.78 Å². The van der Waals surface area contributed by atoms with Gasteiger partial charge in [-0.05, 0) is 50.6 Å².